The Morgan fingerprint density at radius 2 is 1.70 bits per heavy atom. The molecular formula is C14H24N2O3S. The molecule has 1 saturated carbocycles. The van der Waals surface area contributed by atoms with E-state index >= 15 is 0 Å². The lowest BCUT2D eigenvalue weighted by atomic mass is 9.95. The minimum absolute atomic E-state index is 0.0126. The number of piperidine rings is 1. The molecule has 0 radical (unpaired) electrons. The summed E-state index contributed by atoms with van der Waals surface area (Å²) in [4.78, 5) is 24.8. The Hall–Kier alpha value is -0.910. The van der Waals surface area contributed by atoms with Gasteiger partial charge in [-0.15, -0.1) is 0 Å². The SMILES string of the molecule is CSC1CCC(NC(=O)N2CCC(C(=O)O)CC2)CC1. The average Bonchev–Trinajstić information content (AvgIpc) is 2.48. The fourth-order valence-electron chi connectivity index (χ4n) is 3.04. The molecule has 114 valence electrons. The van der Waals surface area contributed by atoms with Crippen molar-refractivity contribution < 1.29 is 14.7 Å². The number of nitrogens with zero attached hydrogens (tertiary/aromatic N) is 1. The summed E-state index contributed by atoms with van der Waals surface area (Å²) >= 11 is 1.92. The van der Waals surface area contributed by atoms with Gasteiger partial charge in [0.2, 0.25) is 0 Å². The molecule has 6 heteroatoms. The third-order valence-electron chi connectivity index (χ3n) is 4.47. The summed E-state index contributed by atoms with van der Waals surface area (Å²) in [5.41, 5.74) is 0. The van der Waals surface area contributed by atoms with Crippen LogP contribution in [0.1, 0.15) is 38.5 Å². The van der Waals surface area contributed by atoms with Crippen LogP contribution < -0.4 is 5.32 Å². The number of carbonyl (C=O) groups excluding carboxylic acids is 1. The molecule has 1 heterocycles. The molecule has 0 bridgehead atoms. The van der Waals surface area contributed by atoms with Gasteiger partial charge in [-0.25, -0.2) is 4.79 Å². The first-order chi connectivity index (χ1) is 9.60. The summed E-state index contributed by atoms with van der Waals surface area (Å²) in [5.74, 6) is -1.02. The van der Waals surface area contributed by atoms with Crippen LogP contribution in [0.3, 0.4) is 0 Å². The summed E-state index contributed by atoms with van der Waals surface area (Å²) in [6.07, 6.45) is 7.76. The van der Waals surface area contributed by atoms with Crippen molar-refractivity contribution in [1.82, 2.24) is 10.2 Å². The number of rotatable bonds is 3. The zero-order valence-electron chi connectivity index (χ0n) is 12.0. The number of nitrogens with one attached hydrogen (secondary N) is 1. The van der Waals surface area contributed by atoms with Gasteiger partial charge >= 0.3 is 12.0 Å². The Bertz CT molecular complexity index is 348. The monoisotopic (exact) mass is 300 g/mol. The van der Waals surface area contributed by atoms with E-state index in [-0.39, 0.29) is 11.9 Å². The van der Waals surface area contributed by atoms with Crippen LogP contribution in [0.25, 0.3) is 0 Å². The molecule has 2 aliphatic rings. The molecule has 0 unspecified atom stereocenters. The largest absolute Gasteiger partial charge is 0.481 e. The molecule has 2 rings (SSSR count). The highest BCUT2D eigenvalue weighted by molar-refractivity contribution is 7.99. The van der Waals surface area contributed by atoms with Crippen LogP contribution in [0.4, 0.5) is 4.79 Å². The molecule has 1 saturated heterocycles. The van der Waals surface area contributed by atoms with Crippen molar-refractivity contribution in [2.24, 2.45) is 5.92 Å². The molecule has 0 aromatic rings. The van der Waals surface area contributed by atoms with Crippen LogP contribution in [-0.2, 0) is 4.79 Å². The van der Waals surface area contributed by atoms with E-state index in [0.29, 0.717) is 32.0 Å². The van der Waals surface area contributed by atoms with Gasteiger partial charge in [0.05, 0.1) is 5.92 Å². The van der Waals surface area contributed by atoms with E-state index in [0.717, 1.165) is 18.1 Å². The Labute approximate surface area is 124 Å². The third-order valence-corrected chi connectivity index (χ3v) is 5.60. The first-order valence-electron chi connectivity index (χ1n) is 7.41. The minimum Gasteiger partial charge on any atom is -0.481 e. The number of carboxylic acids is 1. The molecule has 2 N–H and O–H groups in total. The van der Waals surface area contributed by atoms with Gasteiger partial charge in [0.1, 0.15) is 0 Å². The van der Waals surface area contributed by atoms with Crippen molar-refractivity contribution in [1.29, 1.82) is 0 Å². The lowest BCUT2D eigenvalue weighted by Crippen LogP contribution is -2.49. The number of hydrogen-bond acceptors (Lipinski definition) is 3. The molecule has 0 atom stereocenters. The Balaban J connectivity index is 1.72. The van der Waals surface area contributed by atoms with Gasteiger partial charge in [0, 0.05) is 24.4 Å². The summed E-state index contributed by atoms with van der Waals surface area (Å²) in [6, 6.07) is 0.282. The van der Waals surface area contributed by atoms with Gasteiger partial charge in [-0.2, -0.15) is 11.8 Å². The van der Waals surface area contributed by atoms with E-state index in [2.05, 4.69) is 11.6 Å². The predicted molar refractivity (Wildman–Crippen MR) is 80.0 cm³/mol. The summed E-state index contributed by atoms with van der Waals surface area (Å²) < 4.78 is 0. The smallest absolute Gasteiger partial charge is 0.317 e. The Morgan fingerprint density at radius 1 is 1.10 bits per heavy atom. The second-order valence-electron chi connectivity index (χ2n) is 5.76. The Kier molecular flexibility index (Phi) is 5.57. The summed E-state index contributed by atoms with van der Waals surface area (Å²) in [6.45, 7) is 1.12. The maximum Gasteiger partial charge on any atom is 0.317 e. The normalized spacial score (nSPS) is 28.1. The van der Waals surface area contributed by atoms with Crippen LogP contribution in [-0.4, -0.2) is 52.6 Å². The first-order valence-corrected chi connectivity index (χ1v) is 8.70. The fourth-order valence-corrected chi connectivity index (χ4v) is 3.78. The van der Waals surface area contributed by atoms with Gasteiger partial charge < -0.3 is 15.3 Å². The number of aliphatic carboxylic acids is 1. The number of carbonyl (C=O) groups is 2. The lowest BCUT2D eigenvalue weighted by molar-refractivity contribution is -0.143. The van der Waals surface area contributed by atoms with Gasteiger partial charge in [-0.1, -0.05) is 0 Å². The summed E-state index contributed by atoms with van der Waals surface area (Å²) in [5, 5.41) is 12.8. The van der Waals surface area contributed by atoms with Crippen molar-refractivity contribution in [2.45, 2.75) is 49.8 Å². The number of amides is 2. The molecule has 1 aliphatic heterocycles. The van der Waals surface area contributed by atoms with Crippen LogP contribution in [0.15, 0.2) is 0 Å². The van der Waals surface area contributed by atoms with Crippen LogP contribution in [0.5, 0.6) is 0 Å². The third kappa shape index (κ3) is 4.04. The lowest BCUT2D eigenvalue weighted by Gasteiger charge is -2.33. The maximum atomic E-state index is 12.2. The second kappa shape index (κ2) is 7.20. The van der Waals surface area contributed by atoms with E-state index in [1.165, 1.54) is 12.8 Å². The minimum atomic E-state index is -0.736. The standard InChI is InChI=1S/C14H24N2O3S/c1-20-12-4-2-11(3-5-12)15-14(19)16-8-6-10(7-9-16)13(17)18/h10-12H,2-9H2,1H3,(H,15,19)(H,17,18). The zero-order chi connectivity index (χ0) is 14.5. The maximum absolute atomic E-state index is 12.2. The van der Waals surface area contributed by atoms with Gasteiger partial charge in [0.15, 0.2) is 0 Å². The second-order valence-corrected chi connectivity index (χ2v) is 6.90. The van der Waals surface area contributed by atoms with E-state index < -0.39 is 5.97 Å². The van der Waals surface area contributed by atoms with E-state index in [9.17, 15) is 9.59 Å². The Morgan fingerprint density at radius 3 is 2.20 bits per heavy atom. The predicted octanol–water partition coefficient (Wildman–Crippen LogP) is 2.17. The molecular weight excluding hydrogens is 276 g/mol. The molecule has 2 amide bonds. The van der Waals surface area contributed by atoms with E-state index in [1.54, 1.807) is 4.90 Å². The van der Waals surface area contributed by atoms with E-state index in [4.69, 9.17) is 5.11 Å². The van der Waals surface area contributed by atoms with Crippen LogP contribution in [0.2, 0.25) is 0 Å². The zero-order valence-corrected chi connectivity index (χ0v) is 12.8. The average molecular weight is 300 g/mol. The molecule has 20 heavy (non-hydrogen) atoms. The van der Waals surface area contributed by atoms with Crippen LogP contribution >= 0.6 is 11.8 Å². The van der Waals surface area contributed by atoms with Crippen molar-refractivity contribution in [3.05, 3.63) is 0 Å². The van der Waals surface area contributed by atoms with Crippen molar-refractivity contribution >= 4 is 23.8 Å². The highest BCUT2D eigenvalue weighted by atomic mass is 32.2. The molecule has 2 fully saturated rings. The quantitative estimate of drug-likeness (QED) is 0.838. The first kappa shape index (κ1) is 15.5. The number of carboxylic acid groups (broad SMARTS) is 1. The number of likely N-dealkylation sites (tertiary alicyclic amines) is 1. The van der Waals surface area contributed by atoms with Crippen molar-refractivity contribution in [3.63, 3.8) is 0 Å². The fraction of sp³-hybridized carbons (Fsp3) is 0.857. The highest BCUT2D eigenvalue weighted by Crippen LogP contribution is 2.27. The topological polar surface area (TPSA) is 69.6 Å². The van der Waals surface area contributed by atoms with E-state index in [1.807, 2.05) is 11.8 Å². The highest BCUT2D eigenvalue weighted by Gasteiger charge is 2.28. The van der Waals surface area contributed by atoms with Crippen molar-refractivity contribution in [3.8, 4) is 0 Å². The molecule has 1 aliphatic carbocycles. The molecule has 0 aromatic heterocycles. The number of urea groups is 1. The molecule has 0 aromatic carbocycles. The number of hydrogen-bond donors (Lipinski definition) is 2. The van der Waals surface area contributed by atoms with Gasteiger partial charge in [0.25, 0.3) is 0 Å². The van der Waals surface area contributed by atoms with Gasteiger partial charge in [-0.05, 0) is 44.8 Å². The van der Waals surface area contributed by atoms with Crippen molar-refractivity contribution in [2.75, 3.05) is 19.3 Å². The number of thioether (sulfide) groups is 1. The molecule has 0 spiro atoms. The van der Waals surface area contributed by atoms with Gasteiger partial charge in [-0.3, -0.25) is 4.79 Å². The molecule has 5 nitrogen and oxygen atoms in total. The van der Waals surface area contributed by atoms with Crippen LogP contribution in [0, 0.1) is 5.92 Å². The summed E-state index contributed by atoms with van der Waals surface area (Å²) in [7, 11) is 0.